The molecule has 1 fully saturated rings. The van der Waals surface area contributed by atoms with Crippen LogP contribution >= 0.6 is 0 Å². The van der Waals surface area contributed by atoms with Gasteiger partial charge in [-0.1, -0.05) is 0 Å². The normalized spacial score (nSPS) is 21.9. The van der Waals surface area contributed by atoms with Crippen LogP contribution in [0.4, 0.5) is 5.82 Å². The van der Waals surface area contributed by atoms with Gasteiger partial charge < -0.3 is 14.9 Å². The Hall–Kier alpha value is -1.99. The number of aryl methyl sites for hydroxylation is 1. The minimum atomic E-state index is -0.702. The molecular formula is C16H24N6O. The molecule has 3 rings (SSSR count). The van der Waals surface area contributed by atoms with E-state index in [9.17, 15) is 5.11 Å². The summed E-state index contributed by atoms with van der Waals surface area (Å²) in [4.78, 5) is 13.2. The van der Waals surface area contributed by atoms with Crippen molar-refractivity contribution in [2.45, 2.75) is 25.4 Å². The van der Waals surface area contributed by atoms with Gasteiger partial charge in [-0.15, -0.1) is 0 Å². The zero-order valence-electron chi connectivity index (χ0n) is 14.0. The van der Waals surface area contributed by atoms with Crippen molar-refractivity contribution in [3.05, 3.63) is 30.4 Å². The molecule has 23 heavy (non-hydrogen) atoms. The van der Waals surface area contributed by atoms with Crippen molar-refractivity contribution in [2.75, 3.05) is 38.6 Å². The molecule has 0 radical (unpaired) electrons. The molecule has 2 aromatic heterocycles. The van der Waals surface area contributed by atoms with E-state index in [-0.39, 0.29) is 0 Å². The predicted molar refractivity (Wildman–Crippen MR) is 88.8 cm³/mol. The van der Waals surface area contributed by atoms with E-state index in [0.29, 0.717) is 18.9 Å². The van der Waals surface area contributed by atoms with Crippen LogP contribution < -0.4 is 4.90 Å². The summed E-state index contributed by atoms with van der Waals surface area (Å²) >= 11 is 0. The Morgan fingerprint density at radius 1 is 1.30 bits per heavy atom. The number of β-amino-alcohol motifs (C(OH)–C–C–N with tert-alkyl or cyclic N) is 1. The molecule has 0 bridgehead atoms. The van der Waals surface area contributed by atoms with Crippen molar-refractivity contribution in [3.63, 3.8) is 0 Å². The highest BCUT2D eigenvalue weighted by Gasteiger charge is 2.34. The van der Waals surface area contributed by atoms with Gasteiger partial charge in [-0.05, 0) is 39.9 Å². The molecule has 7 nitrogen and oxygen atoms in total. The zero-order valence-corrected chi connectivity index (χ0v) is 14.0. The van der Waals surface area contributed by atoms with E-state index in [4.69, 9.17) is 0 Å². The SMILES string of the molecule is Cc1nc(N2CCC[C@](O)(CN(C)C)C2)cc(-n2cccn2)n1. The highest BCUT2D eigenvalue weighted by molar-refractivity contribution is 5.45. The maximum absolute atomic E-state index is 10.9. The Bertz CT molecular complexity index is 657. The van der Waals surface area contributed by atoms with Crippen LogP contribution in [0.2, 0.25) is 0 Å². The molecule has 0 amide bonds. The number of hydrogen-bond donors (Lipinski definition) is 1. The fourth-order valence-electron chi connectivity index (χ4n) is 3.25. The van der Waals surface area contributed by atoms with E-state index in [0.717, 1.165) is 31.0 Å². The van der Waals surface area contributed by atoms with E-state index in [1.54, 1.807) is 10.9 Å². The van der Waals surface area contributed by atoms with Crippen molar-refractivity contribution in [2.24, 2.45) is 0 Å². The van der Waals surface area contributed by atoms with Gasteiger partial charge >= 0.3 is 0 Å². The summed E-state index contributed by atoms with van der Waals surface area (Å²) in [6, 6.07) is 3.80. The number of hydrogen-bond acceptors (Lipinski definition) is 6. The molecule has 0 saturated carbocycles. The quantitative estimate of drug-likeness (QED) is 0.902. The second-order valence-electron chi connectivity index (χ2n) is 6.57. The number of anilines is 1. The average Bonchev–Trinajstić information content (AvgIpc) is 2.99. The fraction of sp³-hybridized carbons (Fsp3) is 0.562. The summed E-state index contributed by atoms with van der Waals surface area (Å²) in [7, 11) is 3.98. The molecule has 2 aromatic rings. The maximum atomic E-state index is 10.9. The van der Waals surface area contributed by atoms with E-state index < -0.39 is 5.60 Å². The Morgan fingerprint density at radius 2 is 2.09 bits per heavy atom. The van der Waals surface area contributed by atoms with Crippen LogP contribution in [0, 0.1) is 6.92 Å². The van der Waals surface area contributed by atoms with Crippen LogP contribution in [-0.2, 0) is 0 Å². The van der Waals surface area contributed by atoms with Crippen LogP contribution in [0.5, 0.6) is 0 Å². The third kappa shape index (κ3) is 3.68. The Labute approximate surface area is 136 Å². The van der Waals surface area contributed by atoms with Gasteiger partial charge in [0.05, 0.1) is 5.60 Å². The molecule has 1 aliphatic rings. The molecule has 0 aliphatic carbocycles. The van der Waals surface area contributed by atoms with Crippen molar-refractivity contribution in [1.29, 1.82) is 0 Å². The first-order valence-corrected chi connectivity index (χ1v) is 7.93. The summed E-state index contributed by atoms with van der Waals surface area (Å²) < 4.78 is 1.73. The third-order valence-electron chi connectivity index (χ3n) is 4.04. The average molecular weight is 316 g/mol. The lowest BCUT2D eigenvalue weighted by atomic mass is 9.92. The molecule has 0 aromatic carbocycles. The molecular weight excluding hydrogens is 292 g/mol. The van der Waals surface area contributed by atoms with Gasteiger partial charge in [0.2, 0.25) is 0 Å². The van der Waals surface area contributed by atoms with E-state index in [1.807, 2.05) is 44.2 Å². The molecule has 1 N–H and O–H groups in total. The fourth-order valence-corrected chi connectivity index (χ4v) is 3.25. The first-order valence-electron chi connectivity index (χ1n) is 7.93. The maximum Gasteiger partial charge on any atom is 0.159 e. The topological polar surface area (TPSA) is 70.3 Å². The molecule has 124 valence electrons. The first kappa shape index (κ1) is 15.9. The van der Waals surface area contributed by atoms with Crippen molar-refractivity contribution >= 4 is 5.82 Å². The van der Waals surface area contributed by atoms with E-state index in [2.05, 4.69) is 20.0 Å². The van der Waals surface area contributed by atoms with Gasteiger partial charge in [-0.25, -0.2) is 14.6 Å². The van der Waals surface area contributed by atoms with Gasteiger partial charge in [-0.2, -0.15) is 5.10 Å². The number of aliphatic hydroxyl groups is 1. The van der Waals surface area contributed by atoms with Gasteiger partial charge in [0.25, 0.3) is 0 Å². The van der Waals surface area contributed by atoms with Crippen LogP contribution in [0.1, 0.15) is 18.7 Å². The van der Waals surface area contributed by atoms with E-state index in [1.165, 1.54) is 0 Å². The zero-order chi connectivity index (χ0) is 16.4. The van der Waals surface area contributed by atoms with Crippen molar-refractivity contribution in [1.82, 2.24) is 24.6 Å². The third-order valence-corrected chi connectivity index (χ3v) is 4.04. The van der Waals surface area contributed by atoms with Gasteiger partial charge in [0, 0.05) is 38.1 Å². The number of piperidine rings is 1. The number of rotatable bonds is 4. The monoisotopic (exact) mass is 316 g/mol. The van der Waals surface area contributed by atoms with Gasteiger partial charge in [0.1, 0.15) is 11.6 Å². The van der Waals surface area contributed by atoms with Crippen molar-refractivity contribution < 1.29 is 5.11 Å². The first-order chi connectivity index (χ1) is 11.0. The predicted octanol–water partition coefficient (Wildman–Crippen LogP) is 0.864. The Kier molecular flexibility index (Phi) is 4.32. The van der Waals surface area contributed by atoms with Crippen molar-refractivity contribution in [3.8, 4) is 5.82 Å². The lowest BCUT2D eigenvalue weighted by Gasteiger charge is -2.41. The largest absolute Gasteiger partial charge is 0.387 e. The Morgan fingerprint density at radius 3 is 2.78 bits per heavy atom. The minimum absolute atomic E-state index is 0.584. The van der Waals surface area contributed by atoms with Crippen LogP contribution in [0.15, 0.2) is 24.5 Å². The summed E-state index contributed by atoms with van der Waals surface area (Å²) in [5.74, 6) is 2.30. The lowest BCUT2D eigenvalue weighted by molar-refractivity contribution is 0.00351. The number of likely N-dealkylation sites (N-methyl/N-ethyl adjacent to an activating group) is 1. The lowest BCUT2D eigenvalue weighted by Crippen LogP contribution is -2.53. The molecule has 0 unspecified atom stereocenters. The van der Waals surface area contributed by atoms with E-state index >= 15 is 0 Å². The molecule has 3 heterocycles. The number of nitrogens with zero attached hydrogens (tertiary/aromatic N) is 6. The molecule has 1 aliphatic heterocycles. The summed E-state index contributed by atoms with van der Waals surface area (Å²) in [5.41, 5.74) is -0.702. The van der Waals surface area contributed by atoms with Gasteiger partial charge in [0.15, 0.2) is 5.82 Å². The summed E-state index contributed by atoms with van der Waals surface area (Å²) in [6.45, 7) is 4.01. The second kappa shape index (κ2) is 6.25. The highest BCUT2D eigenvalue weighted by atomic mass is 16.3. The standard InChI is InChI=1S/C16H24N6O/c1-13-18-14(10-15(19-13)22-9-5-7-17-22)21-8-4-6-16(23,12-21)11-20(2)3/h5,7,9-10,23H,4,6,8,11-12H2,1-3H3/t16-/m0/s1. The number of aromatic nitrogens is 4. The van der Waals surface area contributed by atoms with Gasteiger partial charge in [-0.3, -0.25) is 0 Å². The summed E-state index contributed by atoms with van der Waals surface area (Å²) in [6.07, 6.45) is 5.36. The smallest absolute Gasteiger partial charge is 0.159 e. The minimum Gasteiger partial charge on any atom is -0.387 e. The molecule has 1 saturated heterocycles. The molecule has 7 heteroatoms. The molecule has 1 atom stereocenters. The Balaban J connectivity index is 1.86. The van der Waals surface area contributed by atoms with Crippen LogP contribution in [0.3, 0.4) is 0 Å². The van der Waals surface area contributed by atoms with Crippen LogP contribution in [0.25, 0.3) is 5.82 Å². The molecule has 0 spiro atoms. The summed E-state index contributed by atoms with van der Waals surface area (Å²) in [5, 5.41) is 15.1. The van der Waals surface area contributed by atoms with Crippen LogP contribution in [-0.4, -0.2) is 69.1 Å². The second-order valence-corrected chi connectivity index (χ2v) is 6.57. The highest BCUT2D eigenvalue weighted by Crippen LogP contribution is 2.26.